The number of amides is 1. The van der Waals surface area contributed by atoms with Gasteiger partial charge in [-0.2, -0.15) is 5.21 Å². The second kappa shape index (κ2) is 5.62. The first-order valence-electron chi connectivity index (χ1n) is 4.29. The lowest BCUT2D eigenvalue weighted by Crippen LogP contribution is -2.33. The van der Waals surface area contributed by atoms with Crippen molar-refractivity contribution >= 4 is 24.3 Å². The average molecular weight is 235 g/mol. The van der Waals surface area contributed by atoms with Gasteiger partial charge in [0.25, 0.3) is 5.95 Å². The van der Waals surface area contributed by atoms with Crippen LogP contribution in [-0.4, -0.2) is 32.1 Å². The van der Waals surface area contributed by atoms with Crippen LogP contribution in [-0.2, 0) is 4.79 Å². The minimum atomic E-state index is -0.339. The summed E-state index contributed by atoms with van der Waals surface area (Å²) in [5.41, 5.74) is 5.39. The smallest absolute Gasteiger partial charge is 0.269 e. The van der Waals surface area contributed by atoms with Crippen molar-refractivity contribution in [3.8, 4) is 0 Å². The van der Waals surface area contributed by atoms with E-state index in [9.17, 15) is 4.79 Å². The van der Waals surface area contributed by atoms with Crippen molar-refractivity contribution in [2.75, 3.05) is 5.32 Å². The number of aromatic amines is 1. The Kier molecular flexibility index (Phi) is 5.16. The van der Waals surface area contributed by atoms with Gasteiger partial charge in [-0.25, -0.2) is 0 Å². The quantitative estimate of drug-likeness (QED) is 0.683. The van der Waals surface area contributed by atoms with Crippen molar-refractivity contribution < 1.29 is 4.79 Å². The highest BCUT2D eigenvalue weighted by atomic mass is 35.5. The second-order valence-corrected chi connectivity index (χ2v) is 3.77. The molecule has 1 amide bonds. The maximum Gasteiger partial charge on any atom is 0.269 e. The highest BCUT2D eigenvalue weighted by Crippen LogP contribution is 2.07. The largest absolute Gasteiger partial charge is 0.326 e. The first-order chi connectivity index (χ1) is 6.47. The molecule has 0 saturated heterocycles. The number of nitrogens with two attached hydrogens (primary N) is 1. The summed E-state index contributed by atoms with van der Waals surface area (Å²) in [7, 11) is 0. The number of tetrazole rings is 1. The van der Waals surface area contributed by atoms with Gasteiger partial charge in [0.2, 0.25) is 5.91 Å². The molecule has 0 aliphatic carbocycles. The lowest BCUT2D eigenvalue weighted by molar-refractivity contribution is -0.116. The van der Waals surface area contributed by atoms with Gasteiger partial charge >= 0.3 is 0 Å². The predicted molar refractivity (Wildman–Crippen MR) is 57.6 cm³/mol. The molecule has 1 heterocycles. The zero-order valence-corrected chi connectivity index (χ0v) is 9.47. The van der Waals surface area contributed by atoms with Crippen LogP contribution in [0.1, 0.15) is 26.7 Å². The Morgan fingerprint density at radius 3 is 2.73 bits per heavy atom. The highest BCUT2D eigenvalue weighted by molar-refractivity contribution is 5.88. The summed E-state index contributed by atoms with van der Waals surface area (Å²) in [6, 6.07) is 0. The van der Waals surface area contributed by atoms with E-state index in [2.05, 4.69) is 25.9 Å². The summed E-state index contributed by atoms with van der Waals surface area (Å²) in [5, 5.41) is 15.2. The molecule has 0 aliphatic heterocycles. The Hall–Kier alpha value is -1.21. The van der Waals surface area contributed by atoms with Gasteiger partial charge in [-0.05, 0) is 25.5 Å². The molecule has 0 spiro atoms. The molecule has 1 aromatic rings. The van der Waals surface area contributed by atoms with E-state index in [4.69, 9.17) is 5.73 Å². The number of hydrogen-bond donors (Lipinski definition) is 3. The zero-order chi connectivity index (χ0) is 10.6. The van der Waals surface area contributed by atoms with Crippen molar-refractivity contribution in [2.45, 2.75) is 32.2 Å². The lowest BCUT2D eigenvalue weighted by Gasteiger charge is -2.16. The van der Waals surface area contributed by atoms with Crippen LogP contribution in [0.15, 0.2) is 0 Å². The second-order valence-electron chi connectivity index (χ2n) is 3.77. The number of nitrogens with one attached hydrogen (secondary N) is 2. The van der Waals surface area contributed by atoms with Gasteiger partial charge in [0.1, 0.15) is 0 Å². The van der Waals surface area contributed by atoms with Crippen LogP contribution in [0.5, 0.6) is 0 Å². The summed E-state index contributed by atoms with van der Waals surface area (Å²) in [5.74, 6) is 0.0229. The molecule has 8 heteroatoms. The first kappa shape index (κ1) is 13.8. The lowest BCUT2D eigenvalue weighted by atomic mass is 10.00. The molecule has 15 heavy (non-hydrogen) atoms. The Morgan fingerprint density at radius 2 is 2.27 bits per heavy atom. The van der Waals surface area contributed by atoms with Gasteiger partial charge in [-0.3, -0.25) is 10.1 Å². The number of carbonyl (C=O) groups excluding carboxylic acids is 1. The standard InChI is InChI=1S/C7H14N6O.ClH/c1-7(2,8)4-3-5(14)9-6-10-12-13-11-6;/h3-4,8H2,1-2H3,(H2,9,10,11,12,13,14);1H. The fourth-order valence-electron chi connectivity index (χ4n) is 0.838. The SMILES string of the molecule is CC(C)(N)CCC(=O)Nc1nn[nH]n1.Cl. The fourth-order valence-corrected chi connectivity index (χ4v) is 0.838. The van der Waals surface area contributed by atoms with Crippen LogP contribution in [0.25, 0.3) is 0 Å². The minimum Gasteiger partial charge on any atom is -0.326 e. The van der Waals surface area contributed by atoms with Crippen LogP contribution in [0, 0.1) is 0 Å². The topological polar surface area (TPSA) is 110 Å². The molecular formula is C7H15ClN6O. The van der Waals surface area contributed by atoms with Crippen LogP contribution >= 0.6 is 12.4 Å². The summed E-state index contributed by atoms with van der Waals surface area (Å²) in [6.45, 7) is 3.74. The van der Waals surface area contributed by atoms with Gasteiger partial charge in [-0.15, -0.1) is 17.5 Å². The maximum absolute atomic E-state index is 11.3. The normalized spacial score (nSPS) is 10.6. The Morgan fingerprint density at radius 1 is 1.60 bits per heavy atom. The van der Waals surface area contributed by atoms with E-state index < -0.39 is 0 Å². The van der Waals surface area contributed by atoms with E-state index in [0.717, 1.165) is 0 Å². The molecule has 1 rings (SSSR count). The molecule has 0 saturated carbocycles. The molecule has 0 bridgehead atoms. The minimum absolute atomic E-state index is 0. The van der Waals surface area contributed by atoms with Crippen LogP contribution in [0.2, 0.25) is 0 Å². The molecule has 0 unspecified atom stereocenters. The monoisotopic (exact) mass is 234 g/mol. The molecule has 1 aromatic heterocycles. The molecule has 0 fully saturated rings. The fraction of sp³-hybridized carbons (Fsp3) is 0.714. The summed E-state index contributed by atoms with van der Waals surface area (Å²) in [4.78, 5) is 11.3. The van der Waals surface area contributed by atoms with E-state index in [0.29, 0.717) is 12.8 Å². The van der Waals surface area contributed by atoms with Gasteiger partial charge in [-0.1, -0.05) is 5.10 Å². The van der Waals surface area contributed by atoms with Crippen molar-refractivity contribution in [1.82, 2.24) is 20.6 Å². The van der Waals surface area contributed by atoms with Crippen molar-refractivity contribution in [2.24, 2.45) is 5.73 Å². The molecule has 0 radical (unpaired) electrons. The van der Waals surface area contributed by atoms with Crippen molar-refractivity contribution in [1.29, 1.82) is 0 Å². The number of H-pyrrole nitrogens is 1. The molecule has 7 nitrogen and oxygen atoms in total. The highest BCUT2D eigenvalue weighted by Gasteiger charge is 2.13. The van der Waals surface area contributed by atoms with E-state index in [-0.39, 0.29) is 29.8 Å². The average Bonchev–Trinajstić information content (AvgIpc) is 2.52. The number of hydrogen-bond acceptors (Lipinski definition) is 5. The third kappa shape index (κ3) is 5.97. The molecule has 0 aromatic carbocycles. The van der Waals surface area contributed by atoms with E-state index in [1.165, 1.54) is 0 Å². The predicted octanol–water partition coefficient (Wildman–Crippen LogP) is 0.0775. The van der Waals surface area contributed by atoms with Crippen LogP contribution < -0.4 is 11.1 Å². The maximum atomic E-state index is 11.3. The molecule has 0 aliphatic rings. The van der Waals surface area contributed by atoms with Crippen LogP contribution in [0.4, 0.5) is 5.95 Å². The summed E-state index contributed by atoms with van der Waals surface area (Å²) < 4.78 is 0. The van der Waals surface area contributed by atoms with Gasteiger partial charge < -0.3 is 5.73 Å². The molecular weight excluding hydrogens is 220 g/mol. The zero-order valence-electron chi connectivity index (χ0n) is 8.65. The number of nitrogens with zero attached hydrogens (tertiary/aromatic N) is 3. The van der Waals surface area contributed by atoms with E-state index in [1.807, 2.05) is 13.8 Å². The molecule has 4 N–H and O–H groups in total. The Labute approximate surface area is 93.6 Å². The third-order valence-corrected chi connectivity index (χ3v) is 1.59. The first-order valence-corrected chi connectivity index (χ1v) is 4.29. The Balaban J connectivity index is 0.00000196. The van der Waals surface area contributed by atoms with E-state index in [1.54, 1.807) is 0 Å². The summed E-state index contributed by atoms with van der Waals surface area (Å²) in [6.07, 6.45) is 0.953. The van der Waals surface area contributed by atoms with Gasteiger partial charge in [0.05, 0.1) is 0 Å². The van der Waals surface area contributed by atoms with Crippen LogP contribution in [0.3, 0.4) is 0 Å². The Bertz CT molecular complexity index is 293. The number of halogens is 1. The van der Waals surface area contributed by atoms with Crippen molar-refractivity contribution in [3.05, 3.63) is 0 Å². The van der Waals surface area contributed by atoms with Gasteiger partial charge in [0.15, 0.2) is 0 Å². The molecule has 0 atom stereocenters. The molecule has 86 valence electrons. The third-order valence-electron chi connectivity index (χ3n) is 1.59. The van der Waals surface area contributed by atoms with Crippen molar-refractivity contribution in [3.63, 3.8) is 0 Å². The summed E-state index contributed by atoms with van der Waals surface area (Å²) >= 11 is 0. The number of aromatic nitrogens is 4. The number of carbonyl (C=O) groups is 1. The number of rotatable bonds is 4. The van der Waals surface area contributed by atoms with E-state index >= 15 is 0 Å². The number of anilines is 1. The van der Waals surface area contributed by atoms with Gasteiger partial charge in [0, 0.05) is 12.0 Å².